The molecule has 2 heterocycles. The minimum Gasteiger partial charge on any atom is -0.462 e. The molecule has 2 saturated heterocycles. The number of unbranched alkanes of at least 4 members (excludes halogenated alkanes) is 6. The molecule has 0 bridgehead atoms. The van der Waals surface area contributed by atoms with Crippen LogP contribution in [0.15, 0.2) is 109 Å². The van der Waals surface area contributed by atoms with Crippen LogP contribution in [0.4, 0.5) is 0 Å². The van der Waals surface area contributed by atoms with E-state index in [4.69, 9.17) is 28.4 Å². The van der Waals surface area contributed by atoms with Gasteiger partial charge in [-0.1, -0.05) is 142 Å². The summed E-state index contributed by atoms with van der Waals surface area (Å²) in [6, 6.07) is 0. The number of aliphatic hydroxyl groups excluding tert-OH is 7. The van der Waals surface area contributed by atoms with Crippen molar-refractivity contribution >= 4 is 11.9 Å². The number of ether oxygens (including phenoxy) is 6. The Bertz CT molecular complexity index is 1600. The third-order valence-electron chi connectivity index (χ3n) is 10.8. The number of aliphatic hydroxyl groups is 7. The maximum Gasteiger partial charge on any atom is 0.306 e. The molecule has 0 saturated carbocycles. The Labute approximate surface area is 404 Å². The van der Waals surface area contributed by atoms with Gasteiger partial charge in [0.25, 0.3) is 0 Å². The molecule has 4 unspecified atom stereocenters. The molecule has 68 heavy (non-hydrogen) atoms. The molecule has 15 nitrogen and oxygen atoms in total. The van der Waals surface area contributed by atoms with E-state index >= 15 is 0 Å². The highest BCUT2D eigenvalue weighted by Crippen LogP contribution is 2.26. The van der Waals surface area contributed by atoms with Crippen molar-refractivity contribution in [1.82, 2.24) is 0 Å². The molecule has 0 aromatic carbocycles. The number of carbonyl (C=O) groups is 2. The van der Waals surface area contributed by atoms with E-state index in [1.165, 1.54) is 0 Å². The summed E-state index contributed by atoms with van der Waals surface area (Å²) in [6.45, 7) is 2.21. The lowest BCUT2D eigenvalue weighted by Gasteiger charge is -2.42. The van der Waals surface area contributed by atoms with Crippen molar-refractivity contribution in [3.05, 3.63) is 109 Å². The van der Waals surface area contributed by atoms with Crippen molar-refractivity contribution < 1.29 is 73.8 Å². The molecule has 0 aliphatic carbocycles. The molecule has 0 amide bonds. The summed E-state index contributed by atoms with van der Waals surface area (Å²) in [4.78, 5) is 25.7. The molecule has 2 rings (SSSR count). The fourth-order valence-corrected chi connectivity index (χ4v) is 6.85. The third-order valence-corrected chi connectivity index (χ3v) is 10.8. The lowest BCUT2D eigenvalue weighted by Crippen LogP contribution is -2.61. The zero-order chi connectivity index (χ0) is 49.6. The van der Waals surface area contributed by atoms with Crippen LogP contribution in [0.2, 0.25) is 0 Å². The number of hydrogen-bond donors (Lipinski definition) is 7. The van der Waals surface area contributed by atoms with Gasteiger partial charge in [-0.2, -0.15) is 0 Å². The van der Waals surface area contributed by atoms with Crippen LogP contribution >= 0.6 is 0 Å². The van der Waals surface area contributed by atoms with Gasteiger partial charge in [0, 0.05) is 12.8 Å². The van der Waals surface area contributed by atoms with Crippen molar-refractivity contribution in [1.29, 1.82) is 0 Å². The average molecular weight is 959 g/mol. The number of esters is 2. The summed E-state index contributed by atoms with van der Waals surface area (Å²) in [5.41, 5.74) is 0. The largest absolute Gasteiger partial charge is 0.462 e. The second-order valence-corrected chi connectivity index (χ2v) is 16.6. The number of allylic oxidation sites excluding steroid dienone is 18. The second-order valence-electron chi connectivity index (χ2n) is 16.6. The first kappa shape index (κ1) is 60.3. The number of hydrogen-bond acceptors (Lipinski definition) is 15. The van der Waals surface area contributed by atoms with E-state index in [0.29, 0.717) is 19.3 Å². The number of carbonyl (C=O) groups excluding carboxylic acids is 2. The summed E-state index contributed by atoms with van der Waals surface area (Å²) in [6.07, 6.45) is 32.7. The van der Waals surface area contributed by atoms with Crippen molar-refractivity contribution in [2.45, 2.75) is 184 Å². The molecule has 2 aliphatic rings. The average Bonchev–Trinajstić information content (AvgIpc) is 3.33. The molecule has 0 spiro atoms. The Morgan fingerprint density at radius 2 is 0.971 bits per heavy atom. The van der Waals surface area contributed by atoms with E-state index in [2.05, 4.69) is 74.6 Å². The van der Waals surface area contributed by atoms with Gasteiger partial charge in [0.2, 0.25) is 0 Å². The molecule has 7 N–H and O–H groups in total. The quantitative estimate of drug-likeness (QED) is 0.0158. The fourth-order valence-electron chi connectivity index (χ4n) is 6.85. The van der Waals surface area contributed by atoms with Crippen LogP contribution in [0.25, 0.3) is 0 Å². The maximum absolute atomic E-state index is 13.0. The fraction of sp³-hybridized carbons (Fsp3) is 0.623. The lowest BCUT2D eigenvalue weighted by molar-refractivity contribution is -0.332. The van der Waals surface area contributed by atoms with E-state index < -0.39 is 99.3 Å². The predicted molar refractivity (Wildman–Crippen MR) is 261 cm³/mol. The molecule has 2 aliphatic heterocycles. The SMILES string of the molecule is CC/C=C/C=C/C=C/C=C/CCCCCCCC(=O)O[C@@H](COC(=O)CCC/C=C/C/C=C/C/C=C/C/C=C/C/C=C/CC)CO[C@@H]1O[C@H](CO[C@@H]2O[C@H](CO)[C@H](O)C(O)C2O)[C@H](O)C(O)C1O. The van der Waals surface area contributed by atoms with E-state index in [9.17, 15) is 45.3 Å². The molecule has 2 fully saturated rings. The van der Waals surface area contributed by atoms with Gasteiger partial charge in [-0.25, -0.2) is 0 Å². The van der Waals surface area contributed by atoms with Crippen molar-refractivity contribution in [2.24, 2.45) is 0 Å². The standard InChI is InChI=1S/C53H82O15/c1-3-5-7-9-11-13-15-17-19-20-22-23-25-27-29-31-33-35-44(55)63-38-41(66-45(56)36-34-32-30-28-26-24-21-18-16-14-12-10-8-6-4-2)39-64-52-51(62)49(60)47(58)43(68-52)40-65-53-50(61)48(59)46(57)42(37-54)67-53/h5-8,10-14,16-19,21-23,27,29,41-43,46-54,57-62H,3-4,9,15,20,24-26,28,30-40H2,1-2H3/b7-5+,8-6+,12-10+,13-11+,16-14+,19-17+,21-18+,23-22+,29-27+/t41-,42+,43+,46-,47-,48?,49?,50?,51?,52+,53+/m0/s1. The van der Waals surface area contributed by atoms with Crippen LogP contribution < -0.4 is 0 Å². The Morgan fingerprint density at radius 3 is 1.59 bits per heavy atom. The first-order valence-corrected chi connectivity index (χ1v) is 24.5. The molecule has 11 atom stereocenters. The monoisotopic (exact) mass is 959 g/mol. The Morgan fingerprint density at radius 1 is 0.485 bits per heavy atom. The van der Waals surface area contributed by atoms with Gasteiger partial charge in [0.05, 0.1) is 19.8 Å². The van der Waals surface area contributed by atoms with Crippen molar-refractivity contribution in [2.75, 3.05) is 26.4 Å². The maximum atomic E-state index is 13.0. The van der Waals surface area contributed by atoms with Gasteiger partial charge < -0.3 is 64.2 Å². The molecule has 0 radical (unpaired) electrons. The van der Waals surface area contributed by atoms with E-state index in [1.54, 1.807) is 0 Å². The van der Waals surface area contributed by atoms with Crippen LogP contribution in [0, 0.1) is 0 Å². The smallest absolute Gasteiger partial charge is 0.306 e. The van der Waals surface area contributed by atoms with Crippen LogP contribution in [-0.2, 0) is 38.0 Å². The lowest BCUT2D eigenvalue weighted by atomic mass is 9.98. The van der Waals surface area contributed by atoms with Gasteiger partial charge in [-0.3, -0.25) is 9.59 Å². The highest BCUT2D eigenvalue weighted by molar-refractivity contribution is 5.70. The summed E-state index contributed by atoms with van der Waals surface area (Å²) < 4.78 is 33.4. The summed E-state index contributed by atoms with van der Waals surface area (Å²) in [5.74, 6) is -1.03. The Balaban J connectivity index is 1.87. The van der Waals surface area contributed by atoms with E-state index in [-0.39, 0.29) is 19.4 Å². The second kappa shape index (κ2) is 38.9. The zero-order valence-corrected chi connectivity index (χ0v) is 40.3. The van der Waals surface area contributed by atoms with Crippen LogP contribution in [0.3, 0.4) is 0 Å². The molecular weight excluding hydrogens is 877 g/mol. The summed E-state index contributed by atoms with van der Waals surface area (Å²) in [7, 11) is 0. The molecule has 384 valence electrons. The minimum absolute atomic E-state index is 0.119. The van der Waals surface area contributed by atoms with Crippen molar-refractivity contribution in [3.8, 4) is 0 Å². The normalized spacial score (nSPS) is 26.7. The summed E-state index contributed by atoms with van der Waals surface area (Å²) >= 11 is 0. The highest BCUT2D eigenvalue weighted by Gasteiger charge is 2.47. The van der Waals surface area contributed by atoms with Crippen molar-refractivity contribution in [3.63, 3.8) is 0 Å². The molecule has 15 heteroatoms. The zero-order valence-electron chi connectivity index (χ0n) is 40.3. The Kier molecular flexibility index (Phi) is 34.5. The first-order chi connectivity index (χ1) is 33.0. The van der Waals surface area contributed by atoms with Gasteiger partial charge in [-0.15, -0.1) is 0 Å². The Hall–Kier alpha value is -3.84. The third kappa shape index (κ3) is 26.8. The molecule has 0 aromatic rings. The minimum atomic E-state index is -1.79. The topological polar surface area (TPSA) is 231 Å². The molecule has 0 aromatic heterocycles. The van der Waals surface area contributed by atoms with Gasteiger partial charge in [-0.05, 0) is 70.6 Å². The first-order valence-electron chi connectivity index (χ1n) is 24.5. The highest BCUT2D eigenvalue weighted by atomic mass is 16.7. The van der Waals surface area contributed by atoms with Gasteiger partial charge in [0.1, 0.15) is 55.4 Å². The van der Waals surface area contributed by atoms with E-state index in [1.807, 2.05) is 48.6 Å². The van der Waals surface area contributed by atoms with Gasteiger partial charge in [0.15, 0.2) is 18.7 Å². The van der Waals surface area contributed by atoms with Crippen LogP contribution in [0.5, 0.6) is 0 Å². The van der Waals surface area contributed by atoms with Crippen LogP contribution in [-0.4, -0.2) is 142 Å². The van der Waals surface area contributed by atoms with E-state index in [0.717, 1.165) is 70.6 Å². The number of rotatable bonds is 35. The summed E-state index contributed by atoms with van der Waals surface area (Å²) in [5, 5.41) is 72.0. The van der Waals surface area contributed by atoms with Gasteiger partial charge >= 0.3 is 11.9 Å². The molecular formula is C53H82O15. The van der Waals surface area contributed by atoms with Crippen LogP contribution in [0.1, 0.15) is 117 Å². The predicted octanol–water partition coefficient (Wildman–Crippen LogP) is 6.37.